The first-order valence-corrected chi connectivity index (χ1v) is 9.36. The maximum Gasteiger partial charge on any atom is 0.255 e. The van der Waals surface area contributed by atoms with Gasteiger partial charge in [0.2, 0.25) is 0 Å². The van der Waals surface area contributed by atoms with E-state index >= 15 is 0 Å². The Morgan fingerprint density at radius 2 is 1.69 bits per heavy atom. The standard InChI is InChI=1S/C21H21NO3S/c1-16(20-12-7-15-26-20)22-21(23)18-10-5-6-11-19(18)25-14-13-24-17-8-3-2-4-9-17/h2-12,15-16H,13-14H2,1H3,(H,22,23)/t16-/m0/s1. The second-order valence-corrected chi connectivity index (χ2v) is 6.70. The smallest absolute Gasteiger partial charge is 0.255 e. The summed E-state index contributed by atoms with van der Waals surface area (Å²) in [5.41, 5.74) is 0.524. The van der Waals surface area contributed by atoms with Gasteiger partial charge >= 0.3 is 0 Å². The SMILES string of the molecule is C[C@H](NC(=O)c1ccccc1OCCOc1ccccc1)c1cccs1. The molecule has 0 radical (unpaired) electrons. The largest absolute Gasteiger partial charge is 0.490 e. The van der Waals surface area contributed by atoms with Gasteiger partial charge in [-0.05, 0) is 42.6 Å². The van der Waals surface area contributed by atoms with Crippen LogP contribution in [0.1, 0.15) is 28.2 Å². The molecular weight excluding hydrogens is 346 g/mol. The molecule has 4 nitrogen and oxygen atoms in total. The van der Waals surface area contributed by atoms with Crippen molar-refractivity contribution in [3.63, 3.8) is 0 Å². The van der Waals surface area contributed by atoms with Crippen molar-refractivity contribution in [2.75, 3.05) is 13.2 Å². The second kappa shape index (κ2) is 9.06. The maximum atomic E-state index is 12.6. The van der Waals surface area contributed by atoms with Crippen molar-refractivity contribution >= 4 is 17.2 Å². The van der Waals surface area contributed by atoms with E-state index < -0.39 is 0 Å². The fourth-order valence-corrected chi connectivity index (χ4v) is 3.23. The van der Waals surface area contributed by atoms with Crippen LogP contribution in [0.2, 0.25) is 0 Å². The van der Waals surface area contributed by atoms with Crippen molar-refractivity contribution in [3.8, 4) is 11.5 Å². The van der Waals surface area contributed by atoms with Gasteiger partial charge in [0.1, 0.15) is 24.7 Å². The van der Waals surface area contributed by atoms with Crippen LogP contribution in [0.15, 0.2) is 72.1 Å². The fourth-order valence-electron chi connectivity index (χ4n) is 2.49. The third kappa shape index (κ3) is 4.86. The molecule has 0 saturated carbocycles. The van der Waals surface area contributed by atoms with E-state index in [0.29, 0.717) is 24.5 Å². The number of carbonyl (C=O) groups is 1. The van der Waals surface area contributed by atoms with Crippen molar-refractivity contribution in [1.82, 2.24) is 5.32 Å². The third-order valence-electron chi connectivity index (χ3n) is 3.80. The molecule has 1 amide bonds. The zero-order valence-corrected chi connectivity index (χ0v) is 15.4. The van der Waals surface area contributed by atoms with Gasteiger partial charge in [0, 0.05) is 4.88 Å². The Balaban J connectivity index is 1.56. The Morgan fingerprint density at radius 3 is 2.46 bits per heavy atom. The number of hydrogen-bond donors (Lipinski definition) is 1. The summed E-state index contributed by atoms with van der Waals surface area (Å²) in [5.74, 6) is 1.21. The minimum atomic E-state index is -0.148. The summed E-state index contributed by atoms with van der Waals surface area (Å²) in [5, 5.41) is 5.02. The molecule has 3 rings (SSSR count). The van der Waals surface area contributed by atoms with Crippen LogP contribution >= 0.6 is 11.3 Å². The quantitative estimate of drug-likeness (QED) is 0.587. The van der Waals surface area contributed by atoms with Crippen molar-refractivity contribution in [2.24, 2.45) is 0 Å². The predicted octanol–water partition coefficient (Wildman–Crippen LogP) is 4.70. The molecule has 0 bridgehead atoms. The van der Waals surface area contributed by atoms with Gasteiger partial charge in [-0.1, -0.05) is 36.4 Å². The van der Waals surface area contributed by atoms with Gasteiger partial charge in [0.05, 0.1) is 11.6 Å². The van der Waals surface area contributed by atoms with E-state index in [1.807, 2.05) is 66.9 Å². The molecule has 1 atom stereocenters. The molecule has 5 heteroatoms. The van der Waals surface area contributed by atoms with Gasteiger partial charge in [0.25, 0.3) is 5.91 Å². The molecule has 0 aliphatic carbocycles. The van der Waals surface area contributed by atoms with E-state index in [0.717, 1.165) is 10.6 Å². The number of thiophene rings is 1. The number of nitrogens with one attached hydrogen (secondary N) is 1. The number of ether oxygens (including phenoxy) is 2. The lowest BCUT2D eigenvalue weighted by molar-refractivity contribution is 0.0935. The van der Waals surface area contributed by atoms with E-state index in [4.69, 9.17) is 9.47 Å². The fraction of sp³-hybridized carbons (Fsp3) is 0.190. The molecule has 0 aliphatic rings. The molecule has 134 valence electrons. The lowest BCUT2D eigenvalue weighted by atomic mass is 10.1. The van der Waals surface area contributed by atoms with Crippen molar-refractivity contribution < 1.29 is 14.3 Å². The zero-order valence-electron chi connectivity index (χ0n) is 14.6. The van der Waals surface area contributed by atoms with Crippen molar-refractivity contribution in [1.29, 1.82) is 0 Å². The lowest BCUT2D eigenvalue weighted by Crippen LogP contribution is -2.26. The molecule has 26 heavy (non-hydrogen) atoms. The number of carbonyl (C=O) groups excluding carboxylic acids is 1. The molecule has 0 saturated heterocycles. The summed E-state index contributed by atoms with van der Waals surface area (Å²) in [6.45, 7) is 2.74. The molecule has 0 spiro atoms. The summed E-state index contributed by atoms with van der Waals surface area (Å²) >= 11 is 1.62. The Kier molecular flexibility index (Phi) is 6.28. The molecule has 1 aromatic heterocycles. The van der Waals surface area contributed by atoms with Crippen LogP contribution in [0.4, 0.5) is 0 Å². The summed E-state index contributed by atoms with van der Waals surface area (Å²) in [4.78, 5) is 13.7. The average molecular weight is 367 g/mol. The number of rotatable bonds is 8. The van der Waals surface area contributed by atoms with Gasteiger partial charge < -0.3 is 14.8 Å². The minimum Gasteiger partial charge on any atom is -0.490 e. The van der Waals surface area contributed by atoms with Crippen molar-refractivity contribution in [3.05, 3.63) is 82.6 Å². The zero-order chi connectivity index (χ0) is 18.2. The average Bonchev–Trinajstić information content (AvgIpc) is 3.21. The van der Waals surface area contributed by atoms with Crippen LogP contribution in [0.5, 0.6) is 11.5 Å². The molecule has 1 heterocycles. The van der Waals surface area contributed by atoms with E-state index in [-0.39, 0.29) is 11.9 Å². The van der Waals surface area contributed by atoms with Crippen LogP contribution in [0, 0.1) is 0 Å². The molecule has 0 unspecified atom stereocenters. The predicted molar refractivity (Wildman–Crippen MR) is 104 cm³/mol. The maximum absolute atomic E-state index is 12.6. The Morgan fingerprint density at radius 1 is 0.962 bits per heavy atom. The van der Waals surface area contributed by atoms with E-state index in [2.05, 4.69) is 5.32 Å². The van der Waals surface area contributed by atoms with Crippen LogP contribution in [0.25, 0.3) is 0 Å². The molecule has 0 aliphatic heterocycles. The summed E-state index contributed by atoms with van der Waals surface area (Å²) in [6.07, 6.45) is 0. The normalized spacial score (nSPS) is 11.6. The first-order valence-electron chi connectivity index (χ1n) is 8.48. The Hall–Kier alpha value is -2.79. The summed E-state index contributed by atoms with van der Waals surface area (Å²) in [6, 6.07) is 20.8. The highest BCUT2D eigenvalue weighted by Crippen LogP contribution is 2.22. The van der Waals surface area contributed by atoms with Crippen LogP contribution in [-0.2, 0) is 0 Å². The molecule has 1 N–H and O–H groups in total. The van der Waals surface area contributed by atoms with Gasteiger partial charge in [0.15, 0.2) is 0 Å². The topological polar surface area (TPSA) is 47.6 Å². The molecular formula is C21H21NO3S. The Bertz CT molecular complexity index is 818. The number of benzene rings is 2. The van der Waals surface area contributed by atoms with Crippen LogP contribution in [0.3, 0.4) is 0 Å². The number of amides is 1. The van der Waals surface area contributed by atoms with Gasteiger partial charge in [-0.3, -0.25) is 4.79 Å². The highest BCUT2D eigenvalue weighted by atomic mass is 32.1. The van der Waals surface area contributed by atoms with Gasteiger partial charge in [-0.2, -0.15) is 0 Å². The van der Waals surface area contributed by atoms with Crippen LogP contribution in [-0.4, -0.2) is 19.1 Å². The highest BCUT2D eigenvalue weighted by molar-refractivity contribution is 7.10. The molecule has 3 aromatic rings. The number of hydrogen-bond acceptors (Lipinski definition) is 4. The van der Waals surface area contributed by atoms with E-state index in [1.54, 1.807) is 23.5 Å². The van der Waals surface area contributed by atoms with Gasteiger partial charge in [-0.25, -0.2) is 0 Å². The first-order chi connectivity index (χ1) is 12.7. The van der Waals surface area contributed by atoms with E-state index in [9.17, 15) is 4.79 Å². The van der Waals surface area contributed by atoms with Crippen LogP contribution < -0.4 is 14.8 Å². The van der Waals surface area contributed by atoms with Crippen molar-refractivity contribution in [2.45, 2.75) is 13.0 Å². The minimum absolute atomic E-state index is 0.0445. The van der Waals surface area contributed by atoms with Gasteiger partial charge in [-0.15, -0.1) is 11.3 Å². The summed E-state index contributed by atoms with van der Waals surface area (Å²) < 4.78 is 11.4. The second-order valence-electron chi connectivity index (χ2n) is 5.72. The monoisotopic (exact) mass is 367 g/mol. The highest BCUT2D eigenvalue weighted by Gasteiger charge is 2.16. The molecule has 2 aromatic carbocycles. The lowest BCUT2D eigenvalue weighted by Gasteiger charge is -2.15. The number of para-hydroxylation sites is 2. The first kappa shape index (κ1) is 18.0. The summed E-state index contributed by atoms with van der Waals surface area (Å²) in [7, 11) is 0. The molecule has 0 fully saturated rings. The third-order valence-corrected chi connectivity index (χ3v) is 4.86. The Labute approximate surface area is 157 Å². The van der Waals surface area contributed by atoms with E-state index in [1.165, 1.54) is 0 Å².